The lowest BCUT2D eigenvalue weighted by molar-refractivity contribution is -0.140. The first-order valence-electron chi connectivity index (χ1n) is 12.1. The maximum atomic E-state index is 11.9. The number of rotatable bonds is 9. The fraction of sp³-hybridized carbons (Fsp3) is 0.267. The number of hydrogen-bond acceptors (Lipinski definition) is 4. The number of carboxylic acids is 1. The number of carboxylic acid groups (broad SMARTS) is 1. The summed E-state index contributed by atoms with van der Waals surface area (Å²) in [6, 6.07) is 25.6. The van der Waals surface area contributed by atoms with Crippen molar-refractivity contribution in [3.05, 3.63) is 101 Å². The molecule has 35 heavy (non-hydrogen) atoms. The topological polar surface area (TPSA) is 83.6 Å². The van der Waals surface area contributed by atoms with Gasteiger partial charge in [-0.3, -0.25) is 4.79 Å². The number of aryl methyl sites for hydroxylation is 1. The van der Waals surface area contributed by atoms with E-state index in [1.165, 1.54) is 0 Å². The molecule has 0 radical (unpaired) electrons. The number of aliphatic hydroxyl groups excluding tert-OH is 1. The van der Waals surface area contributed by atoms with Crippen molar-refractivity contribution < 1.29 is 19.5 Å². The van der Waals surface area contributed by atoms with Crippen LogP contribution in [0.3, 0.4) is 0 Å². The third-order valence-corrected chi connectivity index (χ3v) is 7.13. The van der Waals surface area contributed by atoms with E-state index in [1.807, 2.05) is 85.8 Å². The van der Waals surface area contributed by atoms with E-state index in [9.17, 15) is 15.0 Å². The number of nitrogens with zero attached hydrogens (tertiary/aromatic N) is 1. The van der Waals surface area contributed by atoms with Gasteiger partial charge in [0.15, 0.2) is 5.76 Å². The molecular formula is C30H29NO4. The highest BCUT2D eigenvalue weighted by Crippen LogP contribution is 2.51. The first-order chi connectivity index (χ1) is 17.0. The van der Waals surface area contributed by atoms with Crippen molar-refractivity contribution in [3.8, 4) is 22.5 Å². The molecule has 0 spiro atoms. The van der Waals surface area contributed by atoms with Gasteiger partial charge in [-0.2, -0.15) is 0 Å². The second kappa shape index (κ2) is 9.51. The molecule has 1 heterocycles. The van der Waals surface area contributed by atoms with Crippen LogP contribution in [0.4, 0.5) is 0 Å². The summed E-state index contributed by atoms with van der Waals surface area (Å²) in [6.45, 7) is 1.95. The molecule has 5 nitrogen and oxygen atoms in total. The molecule has 5 rings (SSSR count). The summed E-state index contributed by atoms with van der Waals surface area (Å²) in [5, 5.41) is 24.5. The lowest BCUT2D eigenvalue weighted by atomic mass is 9.88. The normalized spacial score (nSPS) is 15.0. The summed E-state index contributed by atoms with van der Waals surface area (Å²) in [7, 11) is 0. The number of hydrogen-bond donors (Lipinski definition) is 2. The van der Waals surface area contributed by atoms with Gasteiger partial charge in [-0.1, -0.05) is 84.0 Å². The molecule has 0 bridgehead atoms. The smallest absolute Gasteiger partial charge is 0.314 e. The van der Waals surface area contributed by atoms with Gasteiger partial charge in [0.25, 0.3) is 0 Å². The Labute approximate surface area is 205 Å². The van der Waals surface area contributed by atoms with E-state index in [1.54, 1.807) is 0 Å². The Hall–Kier alpha value is -3.70. The van der Waals surface area contributed by atoms with E-state index in [-0.39, 0.29) is 0 Å². The lowest BCUT2D eigenvalue weighted by Gasteiger charge is -2.16. The number of benzene rings is 3. The Bertz CT molecular complexity index is 1320. The fourth-order valence-corrected chi connectivity index (χ4v) is 4.90. The van der Waals surface area contributed by atoms with E-state index in [0.717, 1.165) is 57.7 Å². The third kappa shape index (κ3) is 4.52. The van der Waals surface area contributed by atoms with Crippen molar-refractivity contribution in [2.45, 2.75) is 50.5 Å². The summed E-state index contributed by atoms with van der Waals surface area (Å²) in [4.78, 5) is 11.9. The maximum Gasteiger partial charge on any atom is 0.314 e. The monoisotopic (exact) mass is 467 g/mol. The SMILES string of the molecule is Cc1noc(-c2ccc(-c3ccccc3C3(C(=O)O)CC3)cc2)c1CCCC(O)c1ccccc1. The quantitative estimate of drug-likeness (QED) is 0.294. The van der Waals surface area contributed by atoms with Crippen molar-refractivity contribution in [1.82, 2.24) is 5.16 Å². The summed E-state index contributed by atoms with van der Waals surface area (Å²) in [5.41, 5.74) is 5.86. The fourth-order valence-electron chi connectivity index (χ4n) is 4.90. The van der Waals surface area contributed by atoms with Crippen LogP contribution in [-0.4, -0.2) is 21.3 Å². The second-order valence-corrected chi connectivity index (χ2v) is 9.40. The molecule has 4 aromatic rings. The number of aliphatic carboxylic acids is 1. The predicted molar refractivity (Wildman–Crippen MR) is 135 cm³/mol. The lowest BCUT2D eigenvalue weighted by Crippen LogP contribution is -2.20. The highest BCUT2D eigenvalue weighted by molar-refractivity contribution is 5.88. The minimum Gasteiger partial charge on any atom is -0.481 e. The number of carbonyl (C=O) groups is 1. The molecule has 2 N–H and O–H groups in total. The first-order valence-corrected chi connectivity index (χ1v) is 12.1. The predicted octanol–water partition coefficient (Wildman–Crippen LogP) is 6.49. The van der Waals surface area contributed by atoms with Crippen molar-refractivity contribution in [2.24, 2.45) is 0 Å². The molecule has 1 aromatic heterocycles. The van der Waals surface area contributed by atoms with Crippen LogP contribution in [0.5, 0.6) is 0 Å². The zero-order valence-electron chi connectivity index (χ0n) is 19.8. The van der Waals surface area contributed by atoms with Crippen LogP contribution in [0, 0.1) is 6.92 Å². The Morgan fingerprint density at radius 1 is 0.971 bits per heavy atom. The van der Waals surface area contributed by atoms with Crippen molar-refractivity contribution in [1.29, 1.82) is 0 Å². The van der Waals surface area contributed by atoms with Crippen LogP contribution >= 0.6 is 0 Å². The number of aromatic nitrogens is 1. The molecule has 1 aliphatic rings. The molecule has 0 amide bonds. The van der Waals surface area contributed by atoms with Gasteiger partial charge in [-0.25, -0.2) is 0 Å². The minimum atomic E-state index is -0.755. The van der Waals surface area contributed by atoms with Crippen molar-refractivity contribution in [2.75, 3.05) is 0 Å². The molecule has 0 aliphatic heterocycles. The van der Waals surface area contributed by atoms with Crippen LogP contribution in [0.25, 0.3) is 22.5 Å². The molecule has 1 unspecified atom stereocenters. The van der Waals surface area contributed by atoms with E-state index < -0.39 is 17.5 Å². The standard InChI is InChI=1S/C30H29NO4/c1-20-24(11-7-13-27(32)22-8-3-2-4-9-22)28(35-31-20)23-16-14-21(15-17-23)25-10-5-6-12-26(25)30(18-19-30)29(33)34/h2-6,8-10,12,14-17,27,32H,7,11,13,18-19H2,1H3,(H,33,34). The Balaban J connectivity index is 1.34. The van der Waals surface area contributed by atoms with Crippen molar-refractivity contribution in [3.63, 3.8) is 0 Å². The van der Waals surface area contributed by atoms with Crippen LogP contribution in [0.1, 0.15) is 54.2 Å². The molecule has 1 fully saturated rings. The zero-order chi connectivity index (χ0) is 24.4. The molecular weight excluding hydrogens is 438 g/mol. The van der Waals surface area contributed by atoms with E-state index in [2.05, 4.69) is 5.16 Å². The van der Waals surface area contributed by atoms with Gasteiger partial charge in [-0.15, -0.1) is 0 Å². The summed E-state index contributed by atoms with van der Waals surface area (Å²) < 4.78 is 5.70. The molecule has 1 atom stereocenters. The third-order valence-electron chi connectivity index (χ3n) is 7.13. The van der Waals surface area contributed by atoms with Crippen LogP contribution < -0.4 is 0 Å². The summed E-state index contributed by atoms with van der Waals surface area (Å²) >= 11 is 0. The molecule has 1 aliphatic carbocycles. The van der Waals surface area contributed by atoms with Gasteiger partial charge in [0.2, 0.25) is 0 Å². The van der Waals surface area contributed by atoms with E-state index >= 15 is 0 Å². The first kappa shape index (κ1) is 23.1. The Morgan fingerprint density at radius 3 is 2.31 bits per heavy atom. The van der Waals surface area contributed by atoms with Crippen LogP contribution in [-0.2, 0) is 16.6 Å². The highest BCUT2D eigenvalue weighted by atomic mass is 16.5. The van der Waals surface area contributed by atoms with Gasteiger partial charge in [0, 0.05) is 11.1 Å². The van der Waals surface area contributed by atoms with Crippen LogP contribution in [0.15, 0.2) is 83.4 Å². The molecule has 0 saturated heterocycles. The average Bonchev–Trinajstić information content (AvgIpc) is 3.63. The Kier molecular flexibility index (Phi) is 6.27. The molecule has 5 heteroatoms. The van der Waals surface area contributed by atoms with E-state index in [4.69, 9.17) is 4.52 Å². The van der Waals surface area contributed by atoms with Crippen molar-refractivity contribution >= 4 is 5.97 Å². The average molecular weight is 468 g/mol. The summed E-state index contributed by atoms with van der Waals surface area (Å²) in [6.07, 6.45) is 3.11. The highest BCUT2D eigenvalue weighted by Gasteiger charge is 2.52. The largest absolute Gasteiger partial charge is 0.481 e. The van der Waals surface area contributed by atoms with Crippen LogP contribution in [0.2, 0.25) is 0 Å². The van der Waals surface area contributed by atoms with Gasteiger partial charge in [0.1, 0.15) is 0 Å². The number of aliphatic hydroxyl groups is 1. The zero-order valence-corrected chi connectivity index (χ0v) is 19.8. The Morgan fingerprint density at radius 2 is 1.63 bits per heavy atom. The summed E-state index contributed by atoms with van der Waals surface area (Å²) in [5.74, 6) is 0.00136. The van der Waals surface area contributed by atoms with Gasteiger partial charge in [-0.05, 0) is 61.3 Å². The minimum absolute atomic E-state index is 0.486. The molecule has 1 saturated carbocycles. The molecule has 3 aromatic carbocycles. The van der Waals surface area contributed by atoms with Gasteiger partial charge in [0.05, 0.1) is 17.2 Å². The van der Waals surface area contributed by atoms with Gasteiger partial charge < -0.3 is 14.7 Å². The molecule has 178 valence electrons. The second-order valence-electron chi connectivity index (χ2n) is 9.40. The van der Waals surface area contributed by atoms with Gasteiger partial charge >= 0.3 is 5.97 Å². The van der Waals surface area contributed by atoms with E-state index in [0.29, 0.717) is 19.3 Å². The maximum absolute atomic E-state index is 11.9.